The summed E-state index contributed by atoms with van der Waals surface area (Å²) in [5.41, 5.74) is 3.99. The molecule has 0 atom stereocenters. The van der Waals surface area contributed by atoms with E-state index >= 15 is 0 Å². The zero-order chi connectivity index (χ0) is 19.9. The Morgan fingerprint density at radius 1 is 0.586 bits per heavy atom. The maximum absolute atomic E-state index is 6.34. The van der Waals surface area contributed by atoms with Crippen molar-refractivity contribution in [3.05, 3.63) is 12.1 Å². The van der Waals surface area contributed by atoms with Gasteiger partial charge in [-0.3, -0.25) is 0 Å². The molecule has 0 aliphatic heterocycles. The Bertz CT molecular complexity index is 632. The second kappa shape index (κ2) is 10.7. The molecule has 1 aromatic rings. The van der Waals surface area contributed by atoms with Crippen molar-refractivity contribution in [3.8, 4) is 0 Å². The third-order valence-electron chi connectivity index (χ3n) is 7.38. The van der Waals surface area contributed by atoms with Crippen LogP contribution in [0.4, 0.5) is 17.1 Å². The Kier molecular flexibility index (Phi) is 7.78. The number of benzene rings is 1. The van der Waals surface area contributed by atoms with Crippen LogP contribution in [0.3, 0.4) is 0 Å². The number of nitrogens with one attached hydrogen (secondary N) is 3. The molecule has 0 amide bonds. The standard InChI is InChI=1S/C24H42N4Si/c25-29-22-17-16-21(26-18-10-4-1-5-11-18)23(27-19-12-6-2-7-13-19)24(22)28-20-14-8-3-9-15-20/h16-20,26-28H,1-15,25,29H2. The van der Waals surface area contributed by atoms with E-state index in [2.05, 4.69) is 28.1 Å². The van der Waals surface area contributed by atoms with Crippen molar-refractivity contribution in [3.63, 3.8) is 0 Å². The molecule has 0 bridgehead atoms. The maximum atomic E-state index is 6.34. The van der Waals surface area contributed by atoms with E-state index < -0.39 is 9.68 Å². The molecule has 0 spiro atoms. The van der Waals surface area contributed by atoms with Crippen LogP contribution in [0.1, 0.15) is 96.3 Å². The molecule has 29 heavy (non-hydrogen) atoms. The Morgan fingerprint density at radius 2 is 1.03 bits per heavy atom. The van der Waals surface area contributed by atoms with Gasteiger partial charge in [0.05, 0.1) is 17.1 Å². The molecule has 0 unspecified atom stereocenters. The van der Waals surface area contributed by atoms with Gasteiger partial charge in [-0.2, -0.15) is 0 Å². The SMILES string of the molecule is N[SiH2]c1ccc(NC2CCCCC2)c(NC2CCCCC2)c1NC1CCCCC1. The van der Waals surface area contributed by atoms with Crippen LogP contribution >= 0.6 is 0 Å². The predicted octanol–water partition coefficient (Wildman–Crippen LogP) is 4.59. The van der Waals surface area contributed by atoms with Crippen LogP contribution in [0.2, 0.25) is 0 Å². The summed E-state index contributed by atoms with van der Waals surface area (Å²) in [6, 6.07) is 6.48. The van der Waals surface area contributed by atoms with Crippen molar-refractivity contribution in [2.45, 2.75) is 114 Å². The van der Waals surface area contributed by atoms with Gasteiger partial charge in [0, 0.05) is 18.1 Å². The fraction of sp³-hybridized carbons (Fsp3) is 0.750. The van der Waals surface area contributed by atoms with Gasteiger partial charge in [0.2, 0.25) is 0 Å². The molecule has 4 nitrogen and oxygen atoms in total. The van der Waals surface area contributed by atoms with Crippen molar-refractivity contribution in [2.75, 3.05) is 16.0 Å². The molecule has 0 heterocycles. The van der Waals surface area contributed by atoms with Crippen molar-refractivity contribution in [1.82, 2.24) is 0 Å². The van der Waals surface area contributed by atoms with Gasteiger partial charge in [-0.25, -0.2) is 0 Å². The molecular weight excluding hydrogens is 372 g/mol. The summed E-state index contributed by atoms with van der Waals surface area (Å²) in [6.45, 7) is 0. The first-order valence-electron chi connectivity index (χ1n) is 12.5. The number of hydrogen-bond acceptors (Lipinski definition) is 4. The van der Waals surface area contributed by atoms with Gasteiger partial charge in [0.1, 0.15) is 9.68 Å². The van der Waals surface area contributed by atoms with Crippen LogP contribution in [-0.4, -0.2) is 27.8 Å². The fourth-order valence-corrected chi connectivity index (χ4v) is 6.36. The molecule has 4 rings (SSSR count). The third-order valence-corrected chi connectivity index (χ3v) is 8.41. The summed E-state index contributed by atoms with van der Waals surface area (Å²) in [7, 11) is -0.720. The monoisotopic (exact) mass is 414 g/mol. The molecule has 3 saturated carbocycles. The number of anilines is 3. The molecule has 5 N–H and O–H groups in total. The van der Waals surface area contributed by atoms with Gasteiger partial charge in [-0.15, -0.1) is 0 Å². The van der Waals surface area contributed by atoms with Crippen LogP contribution in [0.15, 0.2) is 12.1 Å². The lowest BCUT2D eigenvalue weighted by Crippen LogP contribution is -2.34. The van der Waals surface area contributed by atoms with E-state index in [1.165, 1.54) is 119 Å². The van der Waals surface area contributed by atoms with Crippen LogP contribution < -0.4 is 26.5 Å². The summed E-state index contributed by atoms with van der Waals surface area (Å²) in [6.07, 6.45) is 20.2. The fourth-order valence-electron chi connectivity index (χ4n) is 5.62. The Balaban J connectivity index is 1.61. The summed E-state index contributed by atoms with van der Waals surface area (Å²) in [5, 5.41) is 19.7. The lowest BCUT2D eigenvalue weighted by Gasteiger charge is -2.32. The average molecular weight is 415 g/mol. The normalized spacial score (nSPS) is 22.8. The zero-order valence-electron chi connectivity index (χ0n) is 18.3. The Hall–Kier alpha value is -1.20. The first kappa shape index (κ1) is 21.0. The lowest BCUT2D eigenvalue weighted by atomic mass is 9.93. The molecule has 3 aliphatic rings. The molecule has 3 fully saturated rings. The van der Waals surface area contributed by atoms with E-state index in [0.717, 1.165) is 0 Å². The van der Waals surface area contributed by atoms with Crippen LogP contribution in [0, 0.1) is 0 Å². The van der Waals surface area contributed by atoms with Gasteiger partial charge in [0.15, 0.2) is 0 Å². The molecule has 1 aromatic carbocycles. The summed E-state index contributed by atoms with van der Waals surface area (Å²) in [4.78, 5) is 0. The lowest BCUT2D eigenvalue weighted by molar-refractivity contribution is 0.458. The van der Waals surface area contributed by atoms with Crippen LogP contribution in [0.5, 0.6) is 0 Å². The maximum Gasteiger partial charge on any atom is 0.124 e. The minimum absolute atomic E-state index is 0.609. The first-order valence-corrected chi connectivity index (χ1v) is 14.0. The largest absolute Gasteiger partial charge is 0.381 e. The van der Waals surface area contributed by atoms with Gasteiger partial charge in [0.25, 0.3) is 0 Å². The summed E-state index contributed by atoms with van der Waals surface area (Å²) >= 11 is 0. The second-order valence-corrected chi connectivity index (χ2v) is 10.8. The number of hydrogen-bond donors (Lipinski definition) is 4. The highest BCUT2D eigenvalue weighted by atomic mass is 28.2. The van der Waals surface area contributed by atoms with Gasteiger partial charge in [-0.05, 0) is 49.8 Å². The highest BCUT2D eigenvalue weighted by Crippen LogP contribution is 2.36. The molecular formula is C24H42N4Si. The van der Waals surface area contributed by atoms with Gasteiger partial charge < -0.3 is 21.3 Å². The van der Waals surface area contributed by atoms with E-state index in [9.17, 15) is 0 Å². The van der Waals surface area contributed by atoms with Gasteiger partial charge >= 0.3 is 0 Å². The summed E-state index contributed by atoms with van der Waals surface area (Å²) in [5.74, 6) is 0. The van der Waals surface area contributed by atoms with E-state index in [1.54, 1.807) is 0 Å². The number of nitrogens with two attached hydrogens (primary N) is 1. The number of rotatable bonds is 7. The summed E-state index contributed by atoms with van der Waals surface area (Å²) < 4.78 is 0. The van der Waals surface area contributed by atoms with Crippen LogP contribution in [0.25, 0.3) is 0 Å². The van der Waals surface area contributed by atoms with Crippen molar-refractivity contribution >= 4 is 31.9 Å². The minimum Gasteiger partial charge on any atom is -0.381 e. The van der Waals surface area contributed by atoms with Crippen molar-refractivity contribution in [2.24, 2.45) is 5.40 Å². The van der Waals surface area contributed by atoms with E-state index in [4.69, 9.17) is 5.40 Å². The first-order chi connectivity index (χ1) is 14.3. The van der Waals surface area contributed by atoms with Crippen LogP contribution in [-0.2, 0) is 0 Å². The molecule has 0 saturated heterocycles. The molecule has 0 radical (unpaired) electrons. The predicted molar refractivity (Wildman–Crippen MR) is 130 cm³/mol. The van der Waals surface area contributed by atoms with E-state index in [-0.39, 0.29) is 0 Å². The third kappa shape index (κ3) is 5.69. The Morgan fingerprint density at radius 3 is 1.52 bits per heavy atom. The molecule has 0 aromatic heterocycles. The average Bonchev–Trinajstić information content (AvgIpc) is 2.78. The van der Waals surface area contributed by atoms with Gasteiger partial charge in [-0.1, -0.05) is 63.9 Å². The quantitative estimate of drug-likeness (QED) is 0.493. The molecule has 5 heteroatoms. The Labute approximate surface area is 180 Å². The topological polar surface area (TPSA) is 62.1 Å². The second-order valence-electron chi connectivity index (χ2n) is 9.66. The molecule has 162 valence electrons. The van der Waals surface area contributed by atoms with E-state index in [1.807, 2.05) is 0 Å². The minimum atomic E-state index is -0.720. The van der Waals surface area contributed by atoms with Crippen molar-refractivity contribution in [1.29, 1.82) is 0 Å². The highest BCUT2D eigenvalue weighted by molar-refractivity contribution is 6.53. The molecule has 3 aliphatic carbocycles. The van der Waals surface area contributed by atoms with E-state index in [0.29, 0.717) is 18.1 Å². The van der Waals surface area contributed by atoms with Crippen molar-refractivity contribution < 1.29 is 0 Å². The smallest absolute Gasteiger partial charge is 0.124 e. The highest BCUT2D eigenvalue weighted by Gasteiger charge is 2.23. The zero-order valence-corrected chi connectivity index (χ0v) is 19.7.